The molecule has 1 aliphatic carbocycles. The van der Waals surface area contributed by atoms with E-state index in [1.165, 1.54) is 17.5 Å². The number of amides is 1. The summed E-state index contributed by atoms with van der Waals surface area (Å²) in [5, 5.41) is 6.64. The van der Waals surface area contributed by atoms with Crippen LogP contribution in [0.25, 0.3) is 0 Å². The van der Waals surface area contributed by atoms with Gasteiger partial charge in [-0.05, 0) is 51.0 Å². The summed E-state index contributed by atoms with van der Waals surface area (Å²) in [4.78, 5) is 30.3. The van der Waals surface area contributed by atoms with Gasteiger partial charge in [-0.1, -0.05) is 36.8 Å². The monoisotopic (exact) mass is 466 g/mol. The standard InChI is InChI=1S/C20H25ClN4O3S.C2H6/c1-12-8-15(23-14-2-3-14)10-18(26)25(12)16(9-13-4-6-28-7-5-13)19(27)24-20-22-11-17(21)29-20;1-2/h8,10-11,13-14,16,23H,2-7,9H2,1H3,(H,22,24,27);1-2H3. The normalized spacial score (nSPS) is 17.4. The Bertz CT molecular complexity index is 935. The number of ether oxygens (including phenoxy) is 1. The van der Waals surface area contributed by atoms with Gasteiger partial charge in [0.2, 0.25) is 5.91 Å². The van der Waals surface area contributed by atoms with Gasteiger partial charge in [0.15, 0.2) is 5.13 Å². The molecule has 7 nitrogen and oxygen atoms in total. The fourth-order valence-electron chi connectivity index (χ4n) is 3.79. The molecule has 1 saturated heterocycles. The van der Waals surface area contributed by atoms with Crippen molar-refractivity contribution in [3.05, 3.63) is 38.7 Å². The van der Waals surface area contributed by atoms with Crippen LogP contribution in [-0.2, 0) is 9.53 Å². The van der Waals surface area contributed by atoms with Crippen LogP contribution in [0.15, 0.2) is 23.1 Å². The minimum Gasteiger partial charge on any atom is -0.382 e. The molecule has 2 fully saturated rings. The first-order valence-electron chi connectivity index (χ1n) is 11.0. The van der Waals surface area contributed by atoms with Gasteiger partial charge in [-0.15, -0.1) is 0 Å². The Balaban J connectivity index is 0.00000132. The summed E-state index contributed by atoms with van der Waals surface area (Å²) < 4.78 is 7.57. The minimum absolute atomic E-state index is 0.169. The Morgan fingerprint density at radius 1 is 1.29 bits per heavy atom. The molecule has 0 spiro atoms. The van der Waals surface area contributed by atoms with Crippen molar-refractivity contribution in [2.45, 2.75) is 65.0 Å². The lowest BCUT2D eigenvalue weighted by Crippen LogP contribution is -2.36. The van der Waals surface area contributed by atoms with Crippen LogP contribution in [0.2, 0.25) is 4.34 Å². The molecule has 1 unspecified atom stereocenters. The van der Waals surface area contributed by atoms with Gasteiger partial charge in [-0.2, -0.15) is 0 Å². The molecule has 2 aliphatic rings. The fraction of sp³-hybridized carbons (Fsp3) is 0.591. The fourth-order valence-corrected chi connectivity index (χ4v) is 4.60. The average molecular weight is 467 g/mol. The average Bonchev–Trinajstić information content (AvgIpc) is 3.48. The van der Waals surface area contributed by atoms with E-state index in [4.69, 9.17) is 16.3 Å². The van der Waals surface area contributed by atoms with Crippen LogP contribution in [-0.4, -0.2) is 34.7 Å². The molecule has 1 atom stereocenters. The number of anilines is 2. The number of aryl methyl sites for hydroxylation is 1. The first-order chi connectivity index (χ1) is 15.0. The van der Waals surface area contributed by atoms with Gasteiger partial charge in [-0.3, -0.25) is 9.59 Å². The molecule has 9 heteroatoms. The predicted octanol–water partition coefficient (Wildman–Crippen LogP) is 4.86. The summed E-state index contributed by atoms with van der Waals surface area (Å²) in [6, 6.07) is 3.39. The zero-order valence-corrected chi connectivity index (χ0v) is 19.9. The molecule has 0 radical (unpaired) electrons. The first kappa shape index (κ1) is 23.8. The van der Waals surface area contributed by atoms with Crippen LogP contribution < -0.4 is 16.2 Å². The number of halogens is 1. The highest BCUT2D eigenvalue weighted by molar-refractivity contribution is 7.19. The van der Waals surface area contributed by atoms with Crippen molar-refractivity contribution >= 4 is 39.7 Å². The van der Waals surface area contributed by atoms with E-state index in [-0.39, 0.29) is 11.5 Å². The van der Waals surface area contributed by atoms with Crippen molar-refractivity contribution in [3.8, 4) is 0 Å². The van der Waals surface area contributed by atoms with Crippen molar-refractivity contribution in [2.24, 2.45) is 5.92 Å². The lowest BCUT2D eigenvalue weighted by molar-refractivity contribution is -0.120. The molecule has 2 aromatic rings. The largest absolute Gasteiger partial charge is 0.382 e. The van der Waals surface area contributed by atoms with Crippen molar-refractivity contribution in [2.75, 3.05) is 23.8 Å². The third-order valence-corrected chi connectivity index (χ3v) is 6.46. The maximum atomic E-state index is 13.2. The number of nitrogens with one attached hydrogen (secondary N) is 2. The predicted molar refractivity (Wildman–Crippen MR) is 126 cm³/mol. The highest BCUT2D eigenvalue weighted by atomic mass is 35.5. The van der Waals surface area contributed by atoms with Crippen LogP contribution in [0, 0.1) is 12.8 Å². The second-order valence-corrected chi connectivity index (χ2v) is 9.44. The number of thiazole rings is 1. The summed E-state index contributed by atoms with van der Waals surface area (Å²) in [6.45, 7) is 7.27. The smallest absolute Gasteiger partial charge is 0.253 e. The second-order valence-electron chi connectivity index (χ2n) is 7.78. The number of aromatic nitrogens is 2. The quantitative estimate of drug-likeness (QED) is 0.608. The van der Waals surface area contributed by atoms with Crippen LogP contribution in [0.4, 0.5) is 10.8 Å². The van der Waals surface area contributed by atoms with E-state index in [1.54, 1.807) is 10.6 Å². The van der Waals surface area contributed by atoms with E-state index >= 15 is 0 Å². The minimum atomic E-state index is -0.608. The summed E-state index contributed by atoms with van der Waals surface area (Å²) in [6.07, 6.45) is 6.14. The zero-order valence-electron chi connectivity index (χ0n) is 18.3. The Labute approximate surface area is 192 Å². The molecule has 0 aromatic carbocycles. The third kappa shape index (κ3) is 6.54. The molecular formula is C22H31ClN4O3S. The number of hydrogen-bond acceptors (Lipinski definition) is 6. The van der Waals surface area contributed by atoms with Crippen molar-refractivity contribution in [1.29, 1.82) is 0 Å². The summed E-state index contributed by atoms with van der Waals surface area (Å²) in [5.74, 6) is 0.0885. The Morgan fingerprint density at radius 2 is 2.00 bits per heavy atom. The first-order valence-corrected chi connectivity index (χ1v) is 12.2. The highest BCUT2D eigenvalue weighted by Gasteiger charge is 2.29. The van der Waals surface area contributed by atoms with E-state index in [0.717, 1.165) is 37.1 Å². The van der Waals surface area contributed by atoms with Crippen molar-refractivity contribution < 1.29 is 9.53 Å². The number of rotatable bonds is 7. The van der Waals surface area contributed by atoms with E-state index in [0.29, 0.717) is 41.1 Å². The number of hydrogen-bond donors (Lipinski definition) is 2. The van der Waals surface area contributed by atoms with E-state index < -0.39 is 6.04 Å². The van der Waals surface area contributed by atoms with Crippen molar-refractivity contribution in [3.63, 3.8) is 0 Å². The van der Waals surface area contributed by atoms with Gasteiger partial charge < -0.3 is 19.9 Å². The maximum absolute atomic E-state index is 13.2. The molecule has 1 amide bonds. The molecular weight excluding hydrogens is 436 g/mol. The topological polar surface area (TPSA) is 85.2 Å². The van der Waals surface area contributed by atoms with Gasteiger partial charge in [0.05, 0.1) is 6.20 Å². The number of nitrogens with zero attached hydrogens (tertiary/aromatic N) is 2. The molecule has 2 N–H and O–H groups in total. The Kier molecular flexibility index (Phi) is 8.51. The molecule has 4 rings (SSSR count). The van der Waals surface area contributed by atoms with E-state index in [9.17, 15) is 9.59 Å². The number of pyridine rings is 1. The lowest BCUT2D eigenvalue weighted by Gasteiger charge is -2.28. The summed E-state index contributed by atoms with van der Waals surface area (Å²) >= 11 is 7.14. The molecule has 2 aromatic heterocycles. The third-order valence-electron chi connectivity index (χ3n) is 5.43. The van der Waals surface area contributed by atoms with Gasteiger partial charge in [0.25, 0.3) is 5.56 Å². The van der Waals surface area contributed by atoms with Crippen LogP contribution in [0.1, 0.15) is 57.7 Å². The van der Waals surface area contributed by atoms with E-state index in [2.05, 4.69) is 15.6 Å². The molecule has 0 bridgehead atoms. The Morgan fingerprint density at radius 3 is 2.58 bits per heavy atom. The summed E-state index contributed by atoms with van der Waals surface area (Å²) in [5.41, 5.74) is 1.42. The van der Waals surface area contributed by atoms with Crippen molar-refractivity contribution in [1.82, 2.24) is 9.55 Å². The van der Waals surface area contributed by atoms with Gasteiger partial charge >= 0.3 is 0 Å². The zero-order chi connectivity index (χ0) is 22.4. The van der Waals surface area contributed by atoms with Crippen LogP contribution in [0.5, 0.6) is 0 Å². The maximum Gasteiger partial charge on any atom is 0.253 e. The molecule has 31 heavy (non-hydrogen) atoms. The van der Waals surface area contributed by atoms with Crippen LogP contribution in [0.3, 0.4) is 0 Å². The number of carbonyl (C=O) groups is 1. The second kappa shape index (κ2) is 11.1. The van der Waals surface area contributed by atoms with Gasteiger partial charge in [0, 0.05) is 36.7 Å². The Hall–Kier alpha value is -1.90. The molecule has 3 heterocycles. The highest BCUT2D eigenvalue weighted by Crippen LogP contribution is 2.30. The lowest BCUT2D eigenvalue weighted by atomic mass is 9.91. The van der Waals surface area contributed by atoms with Crippen LogP contribution >= 0.6 is 22.9 Å². The molecule has 170 valence electrons. The van der Waals surface area contributed by atoms with Gasteiger partial charge in [0.1, 0.15) is 10.4 Å². The van der Waals surface area contributed by atoms with E-state index in [1.807, 2.05) is 26.8 Å². The SMILES string of the molecule is CC.Cc1cc(NC2CC2)cc(=O)n1C(CC1CCOCC1)C(=O)Nc1ncc(Cl)s1. The number of carbonyl (C=O) groups excluding carboxylic acids is 1. The molecule has 1 aliphatic heterocycles. The molecule has 1 saturated carbocycles. The summed E-state index contributed by atoms with van der Waals surface area (Å²) in [7, 11) is 0. The van der Waals surface area contributed by atoms with Gasteiger partial charge in [-0.25, -0.2) is 4.98 Å².